The van der Waals surface area contributed by atoms with Crippen LogP contribution in [0.15, 0.2) is 12.3 Å². The average molecular weight is 266 g/mol. The van der Waals surface area contributed by atoms with Crippen LogP contribution in [0, 0.1) is 0 Å². The van der Waals surface area contributed by atoms with Crippen molar-refractivity contribution in [1.29, 1.82) is 0 Å². The van der Waals surface area contributed by atoms with Crippen molar-refractivity contribution in [1.82, 2.24) is 19.7 Å². The summed E-state index contributed by atoms with van der Waals surface area (Å²) in [6, 6.07) is 2.08. The van der Waals surface area contributed by atoms with Gasteiger partial charge in [-0.3, -0.25) is 0 Å². The van der Waals surface area contributed by atoms with Gasteiger partial charge in [0.25, 0.3) is 0 Å². The molecule has 2 rings (SSSR count). The second-order valence-electron chi connectivity index (χ2n) is 3.86. The van der Waals surface area contributed by atoms with E-state index >= 15 is 0 Å². The summed E-state index contributed by atoms with van der Waals surface area (Å²) in [7, 11) is 1.77. The molecule has 2 aromatic rings. The molecule has 0 unspecified atom stereocenters. The summed E-state index contributed by atoms with van der Waals surface area (Å²) >= 11 is 6.16. The Morgan fingerprint density at radius 3 is 2.72 bits per heavy atom. The third kappa shape index (κ3) is 2.31. The highest BCUT2D eigenvalue weighted by Gasteiger charge is 2.13. The molecule has 6 heteroatoms. The van der Waals surface area contributed by atoms with Gasteiger partial charge >= 0.3 is 0 Å². The maximum absolute atomic E-state index is 6.16. The van der Waals surface area contributed by atoms with Crippen LogP contribution in [0.5, 0.6) is 0 Å². The SMILES string of the molecule is CCc1cc(CC)n(-c2nc(NC)ncc2Cl)n1. The van der Waals surface area contributed by atoms with Gasteiger partial charge in [0, 0.05) is 12.7 Å². The van der Waals surface area contributed by atoms with E-state index in [0.29, 0.717) is 16.8 Å². The lowest BCUT2D eigenvalue weighted by molar-refractivity contribution is 0.770. The van der Waals surface area contributed by atoms with Crippen molar-refractivity contribution < 1.29 is 0 Å². The van der Waals surface area contributed by atoms with E-state index in [4.69, 9.17) is 11.6 Å². The number of hydrogen-bond donors (Lipinski definition) is 1. The monoisotopic (exact) mass is 265 g/mol. The van der Waals surface area contributed by atoms with Crippen LogP contribution in [0.1, 0.15) is 25.2 Å². The molecule has 0 bridgehead atoms. The molecule has 18 heavy (non-hydrogen) atoms. The lowest BCUT2D eigenvalue weighted by Crippen LogP contribution is -2.07. The van der Waals surface area contributed by atoms with Crippen LogP contribution >= 0.6 is 11.6 Å². The second-order valence-corrected chi connectivity index (χ2v) is 4.27. The molecule has 0 aliphatic rings. The molecular formula is C12H16ClN5. The third-order valence-corrected chi connectivity index (χ3v) is 2.97. The Labute approximate surface area is 111 Å². The van der Waals surface area contributed by atoms with E-state index < -0.39 is 0 Å². The molecule has 2 aromatic heterocycles. The topological polar surface area (TPSA) is 55.6 Å². The summed E-state index contributed by atoms with van der Waals surface area (Å²) in [5.74, 6) is 1.15. The fraction of sp³-hybridized carbons (Fsp3) is 0.417. The second kappa shape index (κ2) is 5.35. The maximum Gasteiger partial charge on any atom is 0.224 e. The van der Waals surface area contributed by atoms with Crippen molar-refractivity contribution in [2.45, 2.75) is 26.7 Å². The normalized spacial score (nSPS) is 10.7. The van der Waals surface area contributed by atoms with Crippen LogP contribution in [-0.2, 0) is 12.8 Å². The Hall–Kier alpha value is -1.62. The minimum atomic E-state index is 0.495. The summed E-state index contributed by atoms with van der Waals surface area (Å²) in [6.45, 7) is 4.16. The fourth-order valence-corrected chi connectivity index (χ4v) is 1.88. The van der Waals surface area contributed by atoms with Crippen molar-refractivity contribution >= 4 is 17.5 Å². The van der Waals surface area contributed by atoms with E-state index in [1.165, 1.54) is 0 Å². The summed E-state index contributed by atoms with van der Waals surface area (Å²) < 4.78 is 1.80. The van der Waals surface area contributed by atoms with Crippen LogP contribution in [-0.4, -0.2) is 26.8 Å². The van der Waals surface area contributed by atoms with Crippen LogP contribution in [0.2, 0.25) is 5.02 Å². The lowest BCUT2D eigenvalue weighted by atomic mass is 10.2. The Kier molecular flexibility index (Phi) is 3.81. The van der Waals surface area contributed by atoms with Gasteiger partial charge in [0.1, 0.15) is 5.02 Å². The number of rotatable bonds is 4. The van der Waals surface area contributed by atoms with Gasteiger partial charge in [-0.25, -0.2) is 9.67 Å². The Morgan fingerprint density at radius 2 is 2.11 bits per heavy atom. The first-order chi connectivity index (χ1) is 8.69. The van der Waals surface area contributed by atoms with Crippen LogP contribution in [0.25, 0.3) is 5.82 Å². The molecule has 0 aromatic carbocycles. The molecular weight excluding hydrogens is 250 g/mol. The molecule has 96 valence electrons. The Morgan fingerprint density at radius 1 is 1.33 bits per heavy atom. The molecule has 0 spiro atoms. The van der Waals surface area contributed by atoms with Crippen molar-refractivity contribution in [3.63, 3.8) is 0 Å². The molecule has 2 heterocycles. The molecule has 0 saturated heterocycles. The van der Waals surface area contributed by atoms with Crippen LogP contribution < -0.4 is 5.32 Å². The Balaban J connectivity index is 2.56. The zero-order valence-electron chi connectivity index (χ0n) is 10.7. The zero-order chi connectivity index (χ0) is 13.1. The molecule has 0 aliphatic heterocycles. The van der Waals surface area contributed by atoms with Crippen molar-refractivity contribution in [2.75, 3.05) is 12.4 Å². The van der Waals surface area contributed by atoms with Gasteiger partial charge in [0.05, 0.1) is 11.9 Å². The predicted octanol–water partition coefficient (Wildman–Crippen LogP) is 2.48. The standard InChI is InChI=1S/C12H16ClN5/c1-4-8-6-9(5-2)18(17-8)11-10(13)7-15-12(14-3)16-11/h6-7H,4-5H2,1-3H3,(H,14,15,16). The minimum absolute atomic E-state index is 0.495. The van der Waals surface area contributed by atoms with E-state index in [1.807, 2.05) is 0 Å². The van der Waals surface area contributed by atoms with Crippen molar-refractivity contribution in [2.24, 2.45) is 0 Å². The fourth-order valence-electron chi connectivity index (χ4n) is 1.71. The van der Waals surface area contributed by atoms with E-state index in [9.17, 15) is 0 Å². The summed E-state index contributed by atoms with van der Waals surface area (Å²) in [6.07, 6.45) is 3.35. The van der Waals surface area contributed by atoms with Gasteiger partial charge < -0.3 is 5.32 Å². The predicted molar refractivity (Wildman–Crippen MR) is 72.5 cm³/mol. The smallest absolute Gasteiger partial charge is 0.224 e. The number of aryl methyl sites for hydroxylation is 2. The first kappa shape index (κ1) is 12.8. The van der Waals surface area contributed by atoms with Crippen LogP contribution in [0.4, 0.5) is 5.95 Å². The molecule has 0 fully saturated rings. The van der Waals surface area contributed by atoms with Crippen molar-refractivity contribution in [3.05, 3.63) is 28.7 Å². The molecule has 0 saturated carbocycles. The number of anilines is 1. The average Bonchev–Trinajstić information content (AvgIpc) is 2.82. The van der Waals surface area contributed by atoms with E-state index in [-0.39, 0.29) is 0 Å². The first-order valence-electron chi connectivity index (χ1n) is 5.98. The molecule has 0 radical (unpaired) electrons. The Bertz CT molecular complexity index is 549. The lowest BCUT2D eigenvalue weighted by Gasteiger charge is -2.08. The van der Waals surface area contributed by atoms with Crippen LogP contribution in [0.3, 0.4) is 0 Å². The van der Waals surface area contributed by atoms with E-state index in [1.54, 1.807) is 17.9 Å². The van der Waals surface area contributed by atoms with Gasteiger partial charge in [0.15, 0.2) is 5.82 Å². The number of aromatic nitrogens is 4. The van der Waals surface area contributed by atoms with Gasteiger partial charge in [-0.15, -0.1) is 0 Å². The van der Waals surface area contributed by atoms with Gasteiger partial charge in [0.2, 0.25) is 5.95 Å². The molecule has 1 N–H and O–H groups in total. The van der Waals surface area contributed by atoms with Gasteiger partial charge in [-0.1, -0.05) is 25.4 Å². The van der Waals surface area contributed by atoms with E-state index in [2.05, 4.69) is 40.3 Å². The number of halogens is 1. The molecule has 0 atom stereocenters. The summed E-state index contributed by atoms with van der Waals surface area (Å²) in [4.78, 5) is 8.43. The summed E-state index contributed by atoms with van der Waals surface area (Å²) in [5.41, 5.74) is 2.13. The minimum Gasteiger partial charge on any atom is -0.357 e. The number of nitrogens with zero attached hydrogens (tertiary/aromatic N) is 4. The largest absolute Gasteiger partial charge is 0.357 e. The third-order valence-electron chi connectivity index (χ3n) is 2.71. The van der Waals surface area contributed by atoms with Crippen molar-refractivity contribution in [3.8, 4) is 5.82 Å². The quantitative estimate of drug-likeness (QED) is 0.923. The highest BCUT2D eigenvalue weighted by atomic mass is 35.5. The summed E-state index contributed by atoms with van der Waals surface area (Å²) in [5, 5.41) is 7.92. The number of nitrogens with one attached hydrogen (secondary N) is 1. The number of hydrogen-bond acceptors (Lipinski definition) is 4. The maximum atomic E-state index is 6.16. The van der Waals surface area contributed by atoms with Gasteiger partial charge in [-0.2, -0.15) is 10.1 Å². The van der Waals surface area contributed by atoms with E-state index in [0.717, 1.165) is 24.2 Å². The zero-order valence-corrected chi connectivity index (χ0v) is 11.5. The molecule has 0 aliphatic carbocycles. The highest BCUT2D eigenvalue weighted by Crippen LogP contribution is 2.20. The molecule has 0 amide bonds. The highest BCUT2D eigenvalue weighted by molar-refractivity contribution is 6.32. The van der Waals surface area contributed by atoms with Gasteiger partial charge in [-0.05, 0) is 18.9 Å². The molecule has 5 nitrogen and oxygen atoms in total. The first-order valence-corrected chi connectivity index (χ1v) is 6.35.